The molecule has 0 aliphatic rings. The van der Waals surface area contributed by atoms with E-state index in [1.165, 1.54) is 0 Å². The minimum absolute atomic E-state index is 0.639. The molecule has 10 heavy (non-hydrogen) atoms. The number of nitrogens with two attached hydrogens (primary N) is 1. The number of carbonyl (C=O) groups is 1. The Kier molecular flexibility index (Phi) is 3.38. The van der Waals surface area contributed by atoms with Gasteiger partial charge in [0.25, 0.3) is 0 Å². The van der Waals surface area contributed by atoms with E-state index in [9.17, 15) is 4.79 Å². The first-order valence-electron chi connectivity index (χ1n) is 3.31. The fourth-order valence-electron chi connectivity index (χ4n) is 0.747. The van der Waals surface area contributed by atoms with Gasteiger partial charge < -0.3 is 0 Å². The Morgan fingerprint density at radius 2 is 2.00 bits per heavy atom. The van der Waals surface area contributed by atoms with Gasteiger partial charge in [-0.3, -0.25) is 0 Å². The summed E-state index contributed by atoms with van der Waals surface area (Å²) in [5.41, 5.74) is 5.35. The van der Waals surface area contributed by atoms with Crippen molar-refractivity contribution in [1.29, 1.82) is 0 Å². The molecule has 1 atom stereocenters. The molecule has 4 heteroatoms. The molecule has 3 N–H and O–H groups in total. The molecule has 0 aliphatic heterocycles. The number of carboxylic acids is 1. The second-order valence-corrected chi connectivity index (χ2v) is 15.3. The number of aliphatic carboxylic acids is 1. The van der Waals surface area contributed by atoms with Gasteiger partial charge in [0.05, 0.1) is 0 Å². The van der Waals surface area contributed by atoms with Gasteiger partial charge in [-0.1, -0.05) is 0 Å². The van der Waals surface area contributed by atoms with Gasteiger partial charge in [0.1, 0.15) is 0 Å². The molecule has 0 aromatic heterocycles. The molecule has 0 saturated heterocycles. The Morgan fingerprint density at radius 3 is 2.10 bits per heavy atom. The van der Waals surface area contributed by atoms with Crippen molar-refractivity contribution in [3.05, 3.63) is 0 Å². The maximum atomic E-state index is 10.3. The molecule has 60 valence electrons. The van der Waals surface area contributed by atoms with Crippen LogP contribution in [0.1, 0.15) is 0 Å². The van der Waals surface area contributed by atoms with Crippen LogP contribution in [0.3, 0.4) is 0 Å². The van der Waals surface area contributed by atoms with Crippen molar-refractivity contribution in [3.8, 4) is 0 Å². The van der Waals surface area contributed by atoms with Crippen molar-refractivity contribution in [2.24, 2.45) is 5.73 Å². The van der Waals surface area contributed by atoms with Crippen LogP contribution in [0.4, 0.5) is 0 Å². The zero-order valence-electron chi connectivity index (χ0n) is 6.72. The molecule has 0 amide bonds. The van der Waals surface area contributed by atoms with E-state index in [2.05, 4.69) is 17.3 Å². The van der Waals surface area contributed by atoms with Gasteiger partial charge in [-0.25, -0.2) is 0 Å². The predicted octanol–water partition coefficient (Wildman–Crippen LogP) is 0.736. The maximum absolute atomic E-state index is 10.3. The van der Waals surface area contributed by atoms with Crippen molar-refractivity contribution >= 4 is 19.2 Å². The van der Waals surface area contributed by atoms with Gasteiger partial charge in [0.2, 0.25) is 0 Å². The van der Waals surface area contributed by atoms with Crippen molar-refractivity contribution < 1.29 is 9.90 Å². The summed E-state index contributed by atoms with van der Waals surface area (Å²) >= 11 is -1.74. The van der Waals surface area contributed by atoms with Gasteiger partial charge in [0.15, 0.2) is 0 Å². The third-order valence-corrected chi connectivity index (χ3v) is 4.64. The summed E-state index contributed by atoms with van der Waals surface area (Å²) in [6.07, 6.45) is 0. The molecule has 0 unspecified atom stereocenters. The molecular weight excluding hydrogens is 191 g/mol. The Bertz CT molecular complexity index is 130. The third-order valence-electron chi connectivity index (χ3n) is 1.15. The van der Waals surface area contributed by atoms with E-state index in [-0.39, 0.29) is 0 Å². The summed E-state index contributed by atoms with van der Waals surface area (Å²) in [7, 11) is 0. The first-order valence-corrected chi connectivity index (χ1v) is 11.1. The Balaban J connectivity index is 3.80. The zero-order chi connectivity index (χ0) is 8.36. The van der Waals surface area contributed by atoms with Gasteiger partial charge in [-0.2, -0.15) is 0 Å². The van der Waals surface area contributed by atoms with Crippen LogP contribution in [0.15, 0.2) is 0 Å². The van der Waals surface area contributed by atoms with Gasteiger partial charge in [-0.15, -0.1) is 0 Å². The molecule has 0 spiro atoms. The van der Waals surface area contributed by atoms with Crippen molar-refractivity contribution in [2.75, 3.05) is 0 Å². The zero-order valence-corrected chi connectivity index (χ0v) is 8.82. The molecule has 0 aliphatic carbocycles. The SMILES string of the molecule is [CH3][Ge]([CH3])([CH3])[CH2][C@H](N)C(=O)O. The molecule has 0 aromatic rings. The van der Waals surface area contributed by atoms with Crippen LogP contribution < -0.4 is 5.73 Å². The summed E-state index contributed by atoms with van der Waals surface area (Å²) < 4.78 is 0. The second-order valence-electron chi connectivity index (χ2n) is 3.71. The topological polar surface area (TPSA) is 63.3 Å². The van der Waals surface area contributed by atoms with Crippen LogP contribution >= 0.6 is 0 Å². The standard InChI is InChI=1S/C6H15GeNO2/c1-7(2,3)4-5(8)6(9)10/h5H,4,8H2,1-3H3,(H,9,10)/t5-/m0/s1. The van der Waals surface area contributed by atoms with Crippen LogP contribution in [-0.4, -0.2) is 30.4 Å². The summed E-state index contributed by atoms with van der Waals surface area (Å²) in [5, 5.41) is 9.15. The quantitative estimate of drug-likeness (QED) is 0.669. The van der Waals surface area contributed by atoms with Crippen LogP contribution in [-0.2, 0) is 4.79 Å². The number of hydrogen-bond acceptors (Lipinski definition) is 2. The van der Waals surface area contributed by atoms with E-state index in [1.54, 1.807) is 0 Å². The van der Waals surface area contributed by atoms with E-state index >= 15 is 0 Å². The Hall–Kier alpha value is -0.0271. The first-order chi connectivity index (χ1) is 4.33. The van der Waals surface area contributed by atoms with Crippen molar-refractivity contribution in [1.82, 2.24) is 0 Å². The van der Waals surface area contributed by atoms with Crippen LogP contribution in [0.5, 0.6) is 0 Å². The van der Waals surface area contributed by atoms with Gasteiger partial charge in [0, 0.05) is 0 Å². The van der Waals surface area contributed by atoms with E-state index in [0.29, 0.717) is 5.25 Å². The Morgan fingerprint density at radius 1 is 1.60 bits per heavy atom. The predicted molar refractivity (Wildman–Crippen MR) is 43.8 cm³/mol. The van der Waals surface area contributed by atoms with Gasteiger partial charge >= 0.3 is 63.4 Å². The third kappa shape index (κ3) is 4.81. The fraction of sp³-hybridized carbons (Fsp3) is 0.833. The first kappa shape index (κ1) is 9.97. The summed E-state index contributed by atoms with van der Waals surface area (Å²) in [5.74, 6) is 5.59. The monoisotopic (exact) mass is 207 g/mol. The molecule has 0 radical (unpaired) electrons. The second kappa shape index (κ2) is 3.39. The molecule has 0 bridgehead atoms. The van der Waals surface area contributed by atoms with E-state index < -0.39 is 25.3 Å². The molecule has 0 fully saturated rings. The molecule has 0 saturated carbocycles. The van der Waals surface area contributed by atoms with E-state index in [1.807, 2.05) is 0 Å². The summed E-state index contributed by atoms with van der Waals surface area (Å²) in [4.78, 5) is 10.3. The Labute approximate surface area is 64.0 Å². The fourth-order valence-corrected chi connectivity index (χ4v) is 3.88. The number of rotatable bonds is 3. The summed E-state index contributed by atoms with van der Waals surface area (Å²) in [6.45, 7) is 0. The molecular formula is C6H15GeNO2. The average Bonchev–Trinajstić information content (AvgIpc) is 1.60. The minimum atomic E-state index is -1.74. The molecule has 0 aromatic carbocycles. The van der Waals surface area contributed by atoms with E-state index in [4.69, 9.17) is 10.8 Å². The van der Waals surface area contributed by atoms with E-state index in [0.717, 1.165) is 0 Å². The molecule has 3 nitrogen and oxygen atoms in total. The molecule has 0 rings (SSSR count). The van der Waals surface area contributed by atoms with Crippen LogP contribution in [0.25, 0.3) is 0 Å². The van der Waals surface area contributed by atoms with Gasteiger partial charge in [-0.05, 0) is 0 Å². The summed E-state index contributed by atoms with van der Waals surface area (Å²) in [6, 6.07) is -0.639. The van der Waals surface area contributed by atoms with Crippen molar-refractivity contribution in [3.63, 3.8) is 0 Å². The number of hydrogen-bond donors (Lipinski definition) is 2. The van der Waals surface area contributed by atoms with Crippen molar-refractivity contribution in [2.45, 2.75) is 28.6 Å². The number of carboxylic acid groups (broad SMARTS) is 1. The van der Waals surface area contributed by atoms with Crippen LogP contribution in [0, 0.1) is 0 Å². The molecule has 0 heterocycles. The van der Waals surface area contributed by atoms with Crippen LogP contribution in [0.2, 0.25) is 22.5 Å². The normalized spacial score (nSPS) is 14.8. The average molecular weight is 206 g/mol.